The first-order valence-corrected chi connectivity index (χ1v) is 6.19. The largest absolute Gasteiger partial charge is 0.481 e. The molecule has 2 N–H and O–H groups in total. The lowest BCUT2D eigenvalue weighted by atomic mass is 10.1. The summed E-state index contributed by atoms with van der Waals surface area (Å²) in [5.74, 6) is -0.975. The second-order valence-electron chi connectivity index (χ2n) is 4.61. The average molecular weight is 253 g/mol. The molecule has 0 radical (unpaired) electrons. The van der Waals surface area contributed by atoms with Gasteiger partial charge in [-0.25, -0.2) is 4.39 Å². The van der Waals surface area contributed by atoms with Gasteiger partial charge < -0.3 is 10.4 Å². The Hall–Kier alpha value is -1.42. The lowest BCUT2D eigenvalue weighted by molar-refractivity contribution is -0.137. The van der Waals surface area contributed by atoms with Gasteiger partial charge in [-0.3, -0.25) is 4.79 Å². The SMILES string of the molecule is Cc1cc(F)ccc1CCNC(C)CCC(=O)O. The Morgan fingerprint density at radius 2 is 2.22 bits per heavy atom. The van der Waals surface area contributed by atoms with Crippen molar-refractivity contribution in [2.75, 3.05) is 6.54 Å². The van der Waals surface area contributed by atoms with Gasteiger partial charge in [-0.1, -0.05) is 6.07 Å². The molecule has 0 aliphatic carbocycles. The number of nitrogens with one attached hydrogen (secondary N) is 1. The highest BCUT2D eigenvalue weighted by Gasteiger charge is 2.05. The number of aryl methyl sites for hydroxylation is 1. The number of hydrogen-bond donors (Lipinski definition) is 2. The van der Waals surface area contributed by atoms with E-state index in [1.165, 1.54) is 12.1 Å². The van der Waals surface area contributed by atoms with Crippen molar-refractivity contribution in [2.24, 2.45) is 0 Å². The molecule has 0 spiro atoms. The van der Waals surface area contributed by atoms with E-state index in [0.717, 1.165) is 24.1 Å². The minimum Gasteiger partial charge on any atom is -0.481 e. The van der Waals surface area contributed by atoms with Gasteiger partial charge in [0.25, 0.3) is 0 Å². The molecule has 1 unspecified atom stereocenters. The molecule has 0 aliphatic heterocycles. The van der Waals surface area contributed by atoms with Crippen LogP contribution in [0.3, 0.4) is 0 Å². The molecule has 0 saturated carbocycles. The fraction of sp³-hybridized carbons (Fsp3) is 0.500. The molecule has 1 rings (SSSR count). The lowest BCUT2D eigenvalue weighted by Crippen LogP contribution is -2.28. The van der Waals surface area contributed by atoms with Crippen LogP contribution in [-0.4, -0.2) is 23.7 Å². The predicted octanol–water partition coefficient (Wildman–Crippen LogP) is 2.52. The number of halogens is 1. The van der Waals surface area contributed by atoms with E-state index >= 15 is 0 Å². The molecule has 4 heteroatoms. The second-order valence-corrected chi connectivity index (χ2v) is 4.61. The Labute approximate surface area is 107 Å². The number of rotatable bonds is 7. The third kappa shape index (κ3) is 5.27. The zero-order valence-electron chi connectivity index (χ0n) is 10.9. The Balaban J connectivity index is 2.30. The van der Waals surface area contributed by atoms with E-state index in [2.05, 4.69) is 5.32 Å². The van der Waals surface area contributed by atoms with Gasteiger partial charge in [-0.15, -0.1) is 0 Å². The van der Waals surface area contributed by atoms with E-state index in [4.69, 9.17) is 5.11 Å². The summed E-state index contributed by atoms with van der Waals surface area (Å²) in [4.78, 5) is 10.4. The van der Waals surface area contributed by atoms with Gasteiger partial charge >= 0.3 is 5.97 Å². The maximum absolute atomic E-state index is 12.9. The minimum absolute atomic E-state index is 0.182. The zero-order valence-corrected chi connectivity index (χ0v) is 10.9. The van der Waals surface area contributed by atoms with Gasteiger partial charge in [-0.05, 0) is 56.5 Å². The Bertz CT molecular complexity index is 407. The van der Waals surface area contributed by atoms with Crippen LogP contribution in [0, 0.1) is 12.7 Å². The van der Waals surface area contributed by atoms with Gasteiger partial charge in [0.2, 0.25) is 0 Å². The average Bonchev–Trinajstić information content (AvgIpc) is 2.29. The van der Waals surface area contributed by atoms with Crippen molar-refractivity contribution in [3.8, 4) is 0 Å². The van der Waals surface area contributed by atoms with Crippen molar-refractivity contribution in [3.63, 3.8) is 0 Å². The summed E-state index contributed by atoms with van der Waals surface area (Å²) in [7, 11) is 0. The number of hydrogen-bond acceptors (Lipinski definition) is 2. The molecular formula is C14H20FNO2. The van der Waals surface area contributed by atoms with Crippen LogP contribution in [-0.2, 0) is 11.2 Å². The molecule has 0 aliphatic rings. The van der Waals surface area contributed by atoms with Gasteiger partial charge in [0.1, 0.15) is 5.82 Å². The molecule has 1 aromatic rings. The highest BCUT2D eigenvalue weighted by molar-refractivity contribution is 5.66. The zero-order chi connectivity index (χ0) is 13.5. The first kappa shape index (κ1) is 14.6. The third-order valence-corrected chi connectivity index (χ3v) is 2.98. The number of carboxylic acids is 1. The van der Waals surface area contributed by atoms with Crippen LogP contribution in [0.25, 0.3) is 0 Å². The predicted molar refractivity (Wildman–Crippen MR) is 69.2 cm³/mol. The normalized spacial score (nSPS) is 12.4. The van der Waals surface area contributed by atoms with Crippen molar-refractivity contribution in [1.82, 2.24) is 5.32 Å². The summed E-state index contributed by atoms with van der Waals surface area (Å²) >= 11 is 0. The molecule has 0 bridgehead atoms. The van der Waals surface area contributed by atoms with Gasteiger partial charge in [-0.2, -0.15) is 0 Å². The number of aliphatic carboxylic acids is 1. The highest BCUT2D eigenvalue weighted by atomic mass is 19.1. The van der Waals surface area contributed by atoms with Crippen LogP contribution >= 0.6 is 0 Å². The van der Waals surface area contributed by atoms with E-state index in [0.29, 0.717) is 6.42 Å². The Morgan fingerprint density at radius 1 is 1.50 bits per heavy atom. The van der Waals surface area contributed by atoms with Crippen molar-refractivity contribution in [3.05, 3.63) is 35.1 Å². The summed E-state index contributed by atoms with van der Waals surface area (Å²) in [5.41, 5.74) is 2.07. The fourth-order valence-electron chi connectivity index (χ4n) is 1.84. The quantitative estimate of drug-likeness (QED) is 0.785. The van der Waals surface area contributed by atoms with E-state index in [1.54, 1.807) is 6.07 Å². The van der Waals surface area contributed by atoms with E-state index in [-0.39, 0.29) is 18.3 Å². The fourth-order valence-corrected chi connectivity index (χ4v) is 1.84. The molecule has 3 nitrogen and oxygen atoms in total. The number of carbonyl (C=O) groups is 1. The van der Waals surface area contributed by atoms with Crippen LogP contribution in [0.4, 0.5) is 4.39 Å². The maximum atomic E-state index is 12.9. The molecule has 1 aromatic carbocycles. The molecule has 100 valence electrons. The Kier molecular flexibility index (Phi) is 5.78. The molecule has 0 aromatic heterocycles. The van der Waals surface area contributed by atoms with Gasteiger partial charge in [0.05, 0.1) is 0 Å². The summed E-state index contributed by atoms with van der Waals surface area (Å²) in [6.45, 7) is 4.64. The van der Waals surface area contributed by atoms with E-state index < -0.39 is 5.97 Å². The first-order valence-electron chi connectivity index (χ1n) is 6.19. The van der Waals surface area contributed by atoms with Crippen molar-refractivity contribution >= 4 is 5.97 Å². The van der Waals surface area contributed by atoms with Crippen LogP contribution in [0.2, 0.25) is 0 Å². The highest BCUT2D eigenvalue weighted by Crippen LogP contribution is 2.10. The standard InChI is InChI=1S/C14H20FNO2/c1-10-9-13(15)5-4-12(10)7-8-16-11(2)3-6-14(17)18/h4-5,9,11,16H,3,6-8H2,1-2H3,(H,17,18). The third-order valence-electron chi connectivity index (χ3n) is 2.98. The summed E-state index contributed by atoms with van der Waals surface area (Å²) in [6, 6.07) is 4.98. The molecule has 1 atom stereocenters. The van der Waals surface area contributed by atoms with Crippen LogP contribution in [0.1, 0.15) is 30.9 Å². The van der Waals surface area contributed by atoms with Crippen LogP contribution in [0.15, 0.2) is 18.2 Å². The summed E-state index contributed by atoms with van der Waals surface area (Å²) < 4.78 is 12.9. The van der Waals surface area contributed by atoms with Crippen LogP contribution < -0.4 is 5.32 Å². The molecule has 0 fully saturated rings. The molecule has 0 saturated heterocycles. The van der Waals surface area contributed by atoms with Gasteiger partial charge in [0.15, 0.2) is 0 Å². The van der Waals surface area contributed by atoms with Crippen LogP contribution in [0.5, 0.6) is 0 Å². The van der Waals surface area contributed by atoms with E-state index in [9.17, 15) is 9.18 Å². The molecule has 0 amide bonds. The monoisotopic (exact) mass is 253 g/mol. The van der Waals surface area contributed by atoms with E-state index in [1.807, 2.05) is 13.8 Å². The molecular weight excluding hydrogens is 233 g/mol. The van der Waals surface area contributed by atoms with Crippen molar-refractivity contribution in [1.29, 1.82) is 0 Å². The van der Waals surface area contributed by atoms with Crippen molar-refractivity contribution < 1.29 is 14.3 Å². The maximum Gasteiger partial charge on any atom is 0.303 e. The Morgan fingerprint density at radius 3 is 2.83 bits per heavy atom. The summed E-state index contributed by atoms with van der Waals surface area (Å²) in [6.07, 6.45) is 1.63. The number of benzene rings is 1. The smallest absolute Gasteiger partial charge is 0.303 e. The number of carboxylic acid groups (broad SMARTS) is 1. The van der Waals surface area contributed by atoms with Gasteiger partial charge in [0, 0.05) is 12.5 Å². The van der Waals surface area contributed by atoms with Crippen molar-refractivity contribution in [2.45, 2.75) is 39.2 Å². The summed E-state index contributed by atoms with van der Waals surface area (Å²) in [5, 5.41) is 11.8. The minimum atomic E-state index is -0.766. The lowest BCUT2D eigenvalue weighted by Gasteiger charge is -2.13. The molecule has 18 heavy (non-hydrogen) atoms. The topological polar surface area (TPSA) is 49.3 Å². The molecule has 0 heterocycles. The second kappa shape index (κ2) is 7.11. The first-order chi connectivity index (χ1) is 8.49.